The largest absolute Gasteiger partial charge is 0.462 e. The quantitative estimate of drug-likeness (QED) is 0.0401. The molecule has 0 aliphatic carbocycles. The van der Waals surface area contributed by atoms with Crippen LogP contribution in [-0.4, -0.2) is 36.4 Å². The van der Waals surface area contributed by atoms with E-state index < -0.39 is 6.10 Å². The molecular weight excluding hydrogens is 620 g/mol. The zero-order valence-corrected chi connectivity index (χ0v) is 32.4. The second-order valence-corrected chi connectivity index (χ2v) is 13.3. The van der Waals surface area contributed by atoms with Crippen molar-refractivity contribution in [2.75, 3.05) is 13.2 Å². The van der Waals surface area contributed by atoms with Crippen LogP contribution in [0.1, 0.15) is 181 Å². The summed E-state index contributed by atoms with van der Waals surface area (Å²) in [7, 11) is 0. The second kappa shape index (κ2) is 40.8. The van der Waals surface area contributed by atoms with Crippen LogP contribution in [-0.2, 0) is 19.1 Å². The Bertz CT molecular complexity index is 926. The minimum absolute atomic E-state index is 0.0836. The van der Waals surface area contributed by atoms with E-state index in [1.165, 1.54) is 70.6 Å². The third-order valence-electron chi connectivity index (χ3n) is 8.48. The molecule has 50 heavy (non-hydrogen) atoms. The van der Waals surface area contributed by atoms with Crippen molar-refractivity contribution in [1.82, 2.24) is 0 Å². The molecule has 0 saturated heterocycles. The number of aliphatic hydroxyl groups is 1. The maximum Gasteiger partial charge on any atom is 0.306 e. The molecule has 0 fully saturated rings. The average molecular weight is 697 g/mol. The Balaban J connectivity index is 3.61. The van der Waals surface area contributed by atoms with Gasteiger partial charge in [0.05, 0.1) is 6.61 Å². The van der Waals surface area contributed by atoms with Gasteiger partial charge >= 0.3 is 11.9 Å². The molecule has 0 unspecified atom stereocenters. The van der Waals surface area contributed by atoms with Gasteiger partial charge < -0.3 is 14.6 Å². The predicted molar refractivity (Wildman–Crippen MR) is 214 cm³/mol. The highest BCUT2D eigenvalue weighted by atomic mass is 16.6. The van der Waals surface area contributed by atoms with Gasteiger partial charge in [-0.2, -0.15) is 0 Å². The van der Waals surface area contributed by atoms with E-state index in [1.807, 2.05) is 0 Å². The Labute approximate surface area is 308 Å². The first-order chi connectivity index (χ1) is 24.6. The van der Waals surface area contributed by atoms with Crippen LogP contribution in [0.3, 0.4) is 0 Å². The van der Waals surface area contributed by atoms with Gasteiger partial charge in [-0.3, -0.25) is 9.59 Å². The van der Waals surface area contributed by atoms with Crippen LogP contribution in [0.5, 0.6) is 0 Å². The lowest BCUT2D eigenvalue weighted by Crippen LogP contribution is -2.28. The van der Waals surface area contributed by atoms with Crippen molar-refractivity contribution in [1.29, 1.82) is 0 Å². The van der Waals surface area contributed by atoms with E-state index in [-0.39, 0.29) is 25.2 Å². The molecule has 0 radical (unpaired) electrons. The molecule has 5 nitrogen and oxygen atoms in total. The summed E-state index contributed by atoms with van der Waals surface area (Å²) < 4.78 is 10.6. The first-order valence-electron chi connectivity index (χ1n) is 20.5. The normalized spacial score (nSPS) is 12.9. The molecule has 0 bridgehead atoms. The number of carbonyl (C=O) groups excluding carboxylic acids is 2. The molecule has 0 aliphatic heterocycles. The number of hydrogen-bond acceptors (Lipinski definition) is 5. The van der Waals surface area contributed by atoms with Crippen LogP contribution in [0.4, 0.5) is 0 Å². The monoisotopic (exact) mass is 697 g/mol. The van der Waals surface area contributed by atoms with Gasteiger partial charge in [0.1, 0.15) is 6.61 Å². The highest BCUT2D eigenvalue weighted by Gasteiger charge is 2.16. The molecule has 0 amide bonds. The number of ether oxygens (including phenoxy) is 2. The Hall–Kier alpha value is -2.66. The summed E-state index contributed by atoms with van der Waals surface area (Å²) >= 11 is 0. The summed E-state index contributed by atoms with van der Waals surface area (Å²) in [6, 6.07) is 0. The average Bonchev–Trinajstić information content (AvgIpc) is 3.12. The molecule has 286 valence electrons. The molecule has 1 atom stereocenters. The predicted octanol–water partition coefficient (Wildman–Crippen LogP) is 13.0. The zero-order valence-electron chi connectivity index (χ0n) is 32.4. The Morgan fingerprint density at radius 1 is 0.480 bits per heavy atom. The van der Waals surface area contributed by atoms with Gasteiger partial charge in [-0.15, -0.1) is 0 Å². The molecule has 0 heterocycles. The van der Waals surface area contributed by atoms with Crippen LogP contribution in [0, 0.1) is 0 Å². The third kappa shape index (κ3) is 38.1. The van der Waals surface area contributed by atoms with Crippen LogP contribution in [0.15, 0.2) is 72.9 Å². The van der Waals surface area contributed by atoms with Crippen molar-refractivity contribution in [3.05, 3.63) is 72.9 Å². The summed E-state index contributed by atoms with van der Waals surface area (Å²) in [6.07, 6.45) is 53.9. The standard InChI is InChI=1S/C45H76O5/c1-3-5-7-9-11-13-15-17-19-21-22-24-26-28-30-32-34-36-38-40-45(48)50-43(41-46)42-49-44(47)39-37-35-33-31-29-27-25-23-20-18-16-14-12-10-8-6-4-2/h6,8,11-14,17-20,25,27,43,46H,3-5,7,9-10,15-16,21-24,26,28-42H2,1-2H3/b8-6-,13-11-,14-12-,19-17-,20-18-,27-25-/t43-/m0/s1. The van der Waals surface area contributed by atoms with E-state index >= 15 is 0 Å². The number of carbonyl (C=O) groups is 2. The van der Waals surface area contributed by atoms with Crippen molar-refractivity contribution in [2.45, 2.75) is 187 Å². The number of rotatable bonds is 36. The van der Waals surface area contributed by atoms with E-state index in [9.17, 15) is 14.7 Å². The molecular formula is C45H76O5. The summed E-state index contributed by atoms with van der Waals surface area (Å²) in [5.74, 6) is -0.628. The van der Waals surface area contributed by atoms with Crippen molar-refractivity contribution < 1.29 is 24.2 Å². The lowest BCUT2D eigenvalue weighted by atomic mass is 10.1. The van der Waals surface area contributed by atoms with Crippen molar-refractivity contribution >= 4 is 11.9 Å². The minimum atomic E-state index is -0.787. The van der Waals surface area contributed by atoms with E-state index in [1.54, 1.807) is 0 Å². The number of aliphatic hydroxyl groups excluding tert-OH is 1. The van der Waals surface area contributed by atoms with Gasteiger partial charge in [-0.1, -0.05) is 157 Å². The van der Waals surface area contributed by atoms with Crippen LogP contribution >= 0.6 is 0 Å². The highest BCUT2D eigenvalue weighted by Crippen LogP contribution is 2.13. The van der Waals surface area contributed by atoms with Crippen LogP contribution in [0.25, 0.3) is 0 Å². The van der Waals surface area contributed by atoms with Crippen LogP contribution < -0.4 is 0 Å². The summed E-state index contributed by atoms with van der Waals surface area (Å²) in [5, 5.41) is 9.57. The molecule has 0 aromatic rings. The van der Waals surface area contributed by atoms with Crippen molar-refractivity contribution in [2.24, 2.45) is 0 Å². The fraction of sp³-hybridized carbons (Fsp3) is 0.689. The molecule has 0 spiro atoms. The van der Waals surface area contributed by atoms with E-state index in [0.29, 0.717) is 12.8 Å². The molecule has 5 heteroatoms. The smallest absolute Gasteiger partial charge is 0.306 e. The van der Waals surface area contributed by atoms with Gasteiger partial charge in [0.25, 0.3) is 0 Å². The maximum absolute atomic E-state index is 12.2. The van der Waals surface area contributed by atoms with Gasteiger partial charge in [0.15, 0.2) is 6.10 Å². The zero-order chi connectivity index (χ0) is 36.4. The first kappa shape index (κ1) is 47.3. The molecule has 1 N–H and O–H groups in total. The fourth-order valence-electron chi connectivity index (χ4n) is 5.40. The van der Waals surface area contributed by atoms with Crippen molar-refractivity contribution in [3.63, 3.8) is 0 Å². The fourth-order valence-corrected chi connectivity index (χ4v) is 5.40. The second-order valence-electron chi connectivity index (χ2n) is 13.3. The van der Waals surface area contributed by atoms with Crippen molar-refractivity contribution in [3.8, 4) is 0 Å². The minimum Gasteiger partial charge on any atom is -0.462 e. The summed E-state index contributed by atoms with van der Waals surface area (Å²) in [6.45, 7) is 3.97. The molecule has 0 aliphatic rings. The third-order valence-corrected chi connectivity index (χ3v) is 8.48. The Kier molecular flexibility index (Phi) is 38.6. The van der Waals surface area contributed by atoms with Gasteiger partial charge in [-0.25, -0.2) is 0 Å². The van der Waals surface area contributed by atoms with Crippen LogP contribution in [0.2, 0.25) is 0 Å². The number of unbranched alkanes of at least 4 members (excludes halogenated alkanes) is 16. The summed E-state index contributed by atoms with van der Waals surface area (Å²) in [4.78, 5) is 24.3. The van der Waals surface area contributed by atoms with E-state index in [2.05, 4.69) is 86.8 Å². The first-order valence-corrected chi connectivity index (χ1v) is 20.5. The Morgan fingerprint density at radius 3 is 1.30 bits per heavy atom. The van der Waals surface area contributed by atoms with Gasteiger partial charge in [0.2, 0.25) is 0 Å². The number of hydrogen-bond donors (Lipinski definition) is 1. The molecule has 0 aromatic carbocycles. The van der Waals surface area contributed by atoms with E-state index in [4.69, 9.17) is 9.47 Å². The van der Waals surface area contributed by atoms with Gasteiger partial charge in [-0.05, 0) is 83.5 Å². The van der Waals surface area contributed by atoms with E-state index in [0.717, 1.165) is 83.5 Å². The number of allylic oxidation sites excluding steroid dienone is 12. The number of esters is 2. The molecule has 0 saturated carbocycles. The maximum atomic E-state index is 12.2. The SMILES string of the molecule is CC/C=C\C/C=C\C/C=C\C/C=C\CCCCCCC(=O)OC[C@H](CO)OC(=O)CCCCCCCCCCC/C=C\C/C=C\CCCCC. The summed E-state index contributed by atoms with van der Waals surface area (Å²) in [5.41, 5.74) is 0. The van der Waals surface area contributed by atoms with Gasteiger partial charge in [0, 0.05) is 12.8 Å². The lowest BCUT2D eigenvalue weighted by Gasteiger charge is -2.15. The lowest BCUT2D eigenvalue weighted by molar-refractivity contribution is -0.161. The molecule has 0 rings (SSSR count). The Morgan fingerprint density at radius 2 is 0.860 bits per heavy atom. The highest BCUT2D eigenvalue weighted by molar-refractivity contribution is 5.70. The molecule has 0 aromatic heterocycles. The topological polar surface area (TPSA) is 72.8 Å².